The molecule has 2 aromatic carbocycles. The van der Waals surface area contributed by atoms with Crippen LogP contribution in [-0.2, 0) is 14.8 Å². The van der Waals surface area contributed by atoms with Gasteiger partial charge in [0.05, 0.1) is 26.2 Å². The molecule has 0 radical (unpaired) electrons. The molecule has 28 heavy (non-hydrogen) atoms. The molecule has 0 saturated heterocycles. The fourth-order valence-corrected chi connectivity index (χ4v) is 4.03. The third kappa shape index (κ3) is 4.88. The van der Waals surface area contributed by atoms with Crippen LogP contribution < -0.4 is 19.1 Å². The maximum absolute atomic E-state index is 12.8. The highest BCUT2D eigenvalue weighted by Gasteiger charge is 2.29. The highest BCUT2D eigenvalue weighted by atomic mass is 35.5. The molecule has 1 unspecified atom stereocenters. The average Bonchev–Trinajstić information content (AvgIpc) is 2.63. The summed E-state index contributed by atoms with van der Waals surface area (Å²) in [5.41, 5.74) is 1.57. The summed E-state index contributed by atoms with van der Waals surface area (Å²) in [6.45, 7) is 3.31. The van der Waals surface area contributed by atoms with Gasteiger partial charge in [0, 0.05) is 16.8 Å². The van der Waals surface area contributed by atoms with Crippen LogP contribution in [0.1, 0.15) is 12.5 Å². The number of methoxy groups -OCH3 is 2. The zero-order valence-electron chi connectivity index (χ0n) is 16.3. The lowest BCUT2D eigenvalue weighted by atomic mass is 10.2. The number of rotatable bonds is 7. The molecular formula is C19H23ClN2O5S. The van der Waals surface area contributed by atoms with Crippen LogP contribution in [0.25, 0.3) is 0 Å². The number of ether oxygens (including phenoxy) is 2. The Bertz CT molecular complexity index is 978. The maximum atomic E-state index is 12.8. The van der Waals surface area contributed by atoms with Gasteiger partial charge in [0.2, 0.25) is 15.9 Å². The summed E-state index contributed by atoms with van der Waals surface area (Å²) >= 11 is 6.14. The van der Waals surface area contributed by atoms with Crippen LogP contribution in [0.5, 0.6) is 11.5 Å². The van der Waals surface area contributed by atoms with Crippen LogP contribution in [0, 0.1) is 6.92 Å². The van der Waals surface area contributed by atoms with E-state index < -0.39 is 22.0 Å². The lowest BCUT2D eigenvalue weighted by Crippen LogP contribution is -2.45. The van der Waals surface area contributed by atoms with Crippen molar-refractivity contribution in [1.82, 2.24) is 0 Å². The molecule has 2 aromatic rings. The molecule has 2 rings (SSSR count). The van der Waals surface area contributed by atoms with Gasteiger partial charge in [-0.15, -0.1) is 0 Å². The summed E-state index contributed by atoms with van der Waals surface area (Å²) < 4.78 is 36.2. The largest absolute Gasteiger partial charge is 0.493 e. The molecule has 0 aromatic heterocycles. The summed E-state index contributed by atoms with van der Waals surface area (Å²) in [5.74, 6) is 0.452. The van der Waals surface area contributed by atoms with Gasteiger partial charge in [-0.3, -0.25) is 9.10 Å². The Kier molecular flexibility index (Phi) is 6.79. The van der Waals surface area contributed by atoms with Gasteiger partial charge in [-0.25, -0.2) is 8.42 Å². The Labute approximate surface area is 170 Å². The maximum Gasteiger partial charge on any atom is 0.247 e. The molecule has 1 atom stereocenters. The fourth-order valence-electron chi connectivity index (χ4n) is 2.69. The molecule has 0 aliphatic heterocycles. The number of carbonyl (C=O) groups is 1. The third-order valence-corrected chi connectivity index (χ3v) is 5.80. The van der Waals surface area contributed by atoms with Crippen molar-refractivity contribution in [2.45, 2.75) is 19.9 Å². The third-order valence-electron chi connectivity index (χ3n) is 4.15. The van der Waals surface area contributed by atoms with E-state index in [2.05, 4.69) is 5.32 Å². The predicted octanol–water partition coefficient (Wildman–Crippen LogP) is 3.46. The minimum atomic E-state index is -3.74. The van der Waals surface area contributed by atoms with E-state index in [4.69, 9.17) is 21.1 Å². The van der Waals surface area contributed by atoms with Crippen LogP contribution >= 0.6 is 11.6 Å². The summed E-state index contributed by atoms with van der Waals surface area (Å²) in [6, 6.07) is 8.71. The normalized spacial score (nSPS) is 12.2. The highest BCUT2D eigenvalue weighted by molar-refractivity contribution is 7.92. The van der Waals surface area contributed by atoms with Crippen LogP contribution in [0.3, 0.4) is 0 Å². The second-order valence-corrected chi connectivity index (χ2v) is 8.49. The smallest absolute Gasteiger partial charge is 0.247 e. The molecule has 0 aliphatic rings. The topological polar surface area (TPSA) is 84.9 Å². The van der Waals surface area contributed by atoms with Crippen molar-refractivity contribution in [3.8, 4) is 11.5 Å². The minimum absolute atomic E-state index is 0.313. The molecule has 0 heterocycles. The number of hydrogen-bond donors (Lipinski definition) is 1. The number of halogens is 1. The van der Waals surface area contributed by atoms with Gasteiger partial charge in [-0.05, 0) is 43.7 Å². The first kappa shape index (κ1) is 21.8. The molecule has 9 heteroatoms. The van der Waals surface area contributed by atoms with Gasteiger partial charge in [0.25, 0.3) is 0 Å². The van der Waals surface area contributed by atoms with E-state index >= 15 is 0 Å². The van der Waals surface area contributed by atoms with Crippen molar-refractivity contribution in [2.75, 3.05) is 30.1 Å². The lowest BCUT2D eigenvalue weighted by Gasteiger charge is -2.28. The predicted molar refractivity (Wildman–Crippen MR) is 111 cm³/mol. The molecule has 152 valence electrons. The molecule has 0 saturated carbocycles. The Balaban J connectivity index is 2.33. The van der Waals surface area contributed by atoms with E-state index in [0.29, 0.717) is 27.9 Å². The standard InChI is InChI=1S/C19H23ClN2O5S/c1-12-6-8-15(11-16(12)20)22(28(5,24)25)13(2)19(23)21-14-7-9-17(26-3)18(10-14)27-4/h6-11,13H,1-5H3,(H,21,23). The monoisotopic (exact) mass is 426 g/mol. The molecule has 7 nitrogen and oxygen atoms in total. The summed E-state index contributed by atoms with van der Waals surface area (Å²) in [4.78, 5) is 12.8. The van der Waals surface area contributed by atoms with Gasteiger partial charge in [-0.1, -0.05) is 17.7 Å². The van der Waals surface area contributed by atoms with Crippen molar-refractivity contribution in [3.63, 3.8) is 0 Å². The van der Waals surface area contributed by atoms with Crippen molar-refractivity contribution in [1.29, 1.82) is 0 Å². The number of anilines is 2. The molecular weight excluding hydrogens is 404 g/mol. The quantitative estimate of drug-likeness (QED) is 0.732. The van der Waals surface area contributed by atoms with E-state index in [1.54, 1.807) is 30.3 Å². The molecule has 0 spiro atoms. The summed E-state index contributed by atoms with van der Waals surface area (Å²) in [5, 5.41) is 3.12. The zero-order chi connectivity index (χ0) is 21.1. The highest BCUT2D eigenvalue weighted by Crippen LogP contribution is 2.30. The Morgan fingerprint density at radius 2 is 1.75 bits per heavy atom. The van der Waals surface area contributed by atoms with Crippen molar-refractivity contribution in [2.24, 2.45) is 0 Å². The number of carbonyl (C=O) groups excluding carboxylic acids is 1. The van der Waals surface area contributed by atoms with E-state index in [0.717, 1.165) is 16.1 Å². The number of aryl methyl sites for hydroxylation is 1. The Morgan fingerprint density at radius 3 is 2.29 bits per heavy atom. The SMILES string of the molecule is COc1ccc(NC(=O)C(C)N(c2ccc(C)c(Cl)c2)S(C)(=O)=O)cc1OC. The number of nitrogens with zero attached hydrogens (tertiary/aromatic N) is 1. The van der Waals surface area contributed by atoms with Gasteiger partial charge in [-0.2, -0.15) is 0 Å². The lowest BCUT2D eigenvalue weighted by molar-refractivity contribution is -0.116. The van der Waals surface area contributed by atoms with Crippen LogP contribution in [0.4, 0.5) is 11.4 Å². The number of sulfonamides is 1. The van der Waals surface area contributed by atoms with Crippen molar-refractivity contribution < 1.29 is 22.7 Å². The van der Waals surface area contributed by atoms with Gasteiger partial charge < -0.3 is 14.8 Å². The molecule has 0 bridgehead atoms. The second kappa shape index (κ2) is 8.70. The van der Waals surface area contributed by atoms with Crippen molar-refractivity contribution in [3.05, 3.63) is 47.0 Å². The molecule has 1 N–H and O–H groups in total. The first-order chi connectivity index (χ1) is 13.1. The first-order valence-corrected chi connectivity index (χ1v) is 10.6. The number of hydrogen-bond acceptors (Lipinski definition) is 5. The average molecular weight is 427 g/mol. The van der Waals surface area contributed by atoms with Gasteiger partial charge in [0.1, 0.15) is 6.04 Å². The van der Waals surface area contributed by atoms with E-state index in [-0.39, 0.29) is 0 Å². The van der Waals surface area contributed by atoms with Crippen molar-refractivity contribution >= 4 is 38.9 Å². The van der Waals surface area contributed by atoms with Gasteiger partial charge in [0.15, 0.2) is 11.5 Å². The second-order valence-electron chi connectivity index (χ2n) is 6.23. The van der Waals surface area contributed by atoms with E-state index in [1.807, 2.05) is 6.92 Å². The number of benzene rings is 2. The van der Waals surface area contributed by atoms with E-state index in [1.165, 1.54) is 27.2 Å². The number of nitrogens with one attached hydrogen (secondary N) is 1. The summed E-state index contributed by atoms with van der Waals surface area (Å²) in [6.07, 6.45) is 1.04. The van der Waals surface area contributed by atoms with Crippen LogP contribution in [-0.4, -0.2) is 40.8 Å². The summed E-state index contributed by atoms with van der Waals surface area (Å²) in [7, 11) is -0.745. The molecule has 0 fully saturated rings. The Morgan fingerprint density at radius 1 is 1.11 bits per heavy atom. The van der Waals surface area contributed by atoms with Gasteiger partial charge >= 0.3 is 0 Å². The van der Waals surface area contributed by atoms with Crippen LogP contribution in [0.2, 0.25) is 5.02 Å². The fraction of sp³-hybridized carbons (Fsp3) is 0.316. The van der Waals surface area contributed by atoms with Crippen LogP contribution in [0.15, 0.2) is 36.4 Å². The Hall–Kier alpha value is -2.45. The molecule has 0 aliphatic carbocycles. The minimum Gasteiger partial charge on any atom is -0.493 e. The van der Waals surface area contributed by atoms with E-state index in [9.17, 15) is 13.2 Å². The number of amides is 1. The zero-order valence-corrected chi connectivity index (χ0v) is 17.9. The first-order valence-electron chi connectivity index (χ1n) is 8.37. The molecule has 1 amide bonds.